The first-order valence-electron chi connectivity index (χ1n) is 11.6. The fraction of sp³-hybridized carbons (Fsp3) is 0.296. The van der Waals surface area contributed by atoms with Gasteiger partial charge in [-0.3, -0.25) is 0 Å². The monoisotopic (exact) mass is 455 g/mol. The average molecular weight is 456 g/mol. The van der Waals surface area contributed by atoms with Crippen molar-refractivity contribution in [2.24, 2.45) is 5.92 Å². The fourth-order valence-electron chi connectivity index (χ4n) is 4.23. The van der Waals surface area contributed by atoms with Gasteiger partial charge in [0.25, 0.3) is 0 Å². The highest BCUT2D eigenvalue weighted by Crippen LogP contribution is 2.24. The minimum absolute atomic E-state index is 0.372. The van der Waals surface area contributed by atoms with Crippen molar-refractivity contribution in [3.63, 3.8) is 0 Å². The second-order valence-corrected chi connectivity index (χ2v) is 8.62. The van der Waals surface area contributed by atoms with Gasteiger partial charge in [-0.1, -0.05) is 18.2 Å². The lowest BCUT2D eigenvalue weighted by molar-refractivity contribution is -0.137. The predicted octanol–water partition coefficient (Wildman–Crippen LogP) is 4.39. The number of nitriles is 1. The minimum Gasteiger partial charge on any atom is -0.480 e. The summed E-state index contributed by atoms with van der Waals surface area (Å²) in [5, 5.41) is 25.1. The highest BCUT2D eigenvalue weighted by Gasteiger charge is 2.21. The van der Waals surface area contributed by atoms with E-state index in [1.807, 2.05) is 30.3 Å². The molecule has 0 amide bonds. The molecule has 3 aromatic rings. The number of hydrogen-bond acceptors (Lipinski definition) is 6. The van der Waals surface area contributed by atoms with E-state index in [4.69, 9.17) is 5.26 Å². The van der Waals surface area contributed by atoms with Crippen LogP contribution in [0.5, 0.6) is 0 Å². The zero-order valence-corrected chi connectivity index (χ0v) is 19.0. The molecule has 4 rings (SSSR count). The van der Waals surface area contributed by atoms with Crippen molar-refractivity contribution in [2.45, 2.75) is 25.3 Å². The topological polar surface area (TPSA) is 101 Å². The van der Waals surface area contributed by atoms with Crippen molar-refractivity contribution < 1.29 is 9.90 Å². The quantitative estimate of drug-likeness (QED) is 0.440. The van der Waals surface area contributed by atoms with Crippen LogP contribution < -0.4 is 15.5 Å². The van der Waals surface area contributed by atoms with Gasteiger partial charge in [0.05, 0.1) is 11.6 Å². The molecule has 0 saturated carbocycles. The largest absolute Gasteiger partial charge is 0.480 e. The van der Waals surface area contributed by atoms with Crippen LogP contribution >= 0.6 is 0 Å². The molecule has 1 atom stereocenters. The van der Waals surface area contributed by atoms with E-state index in [0.717, 1.165) is 43.9 Å². The van der Waals surface area contributed by atoms with E-state index in [0.29, 0.717) is 23.6 Å². The average Bonchev–Trinajstić information content (AvgIpc) is 2.89. The van der Waals surface area contributed by atoms with E-state index in [1.165, 1.54) is 5.69 Å². The molecule has 0 bridgehead atoms. The molecular weight excluding hydrogens is 426 g/mol. The number of hydrogen-bond donors (Lipinski definition) is 3. The molecule has 0 radical (unpaired) electrons. The van der Waals surface area contributed by atoms with Crippen LogP contribution in [-0.4, -0.2) is 41.7 Å². The maximum Gasteiger partial charge on any atom is 0.326 e. The van der Waals surface area contributed by atoms with E-state index in [1.54, 1.807) is 30.5 Å². The molecule has 34 heavy (non-hydrogen) atoms. The summed E-state index contributed by atoms with van der Waals surface area (Å²) in [5.74, 6) is 0.644. The Morgan fingerprint density at radius 3 is 2.44 bits per heavy atom. The van der Waals surface area contributed by atoms with Crippen LogP contribution in [0, 0.1) is 17.2 Å². The molecule has 1 aliphatic heterocycles. The molecule has 1 aliphatic rings. The molecule has 1 unspecified atom stereocenters. The number of pyridine rings is 1. The van der Waals surface area contributed by atoms with E-state index in [9.17, 15) is 9.90 Å². The molecule has 0 spiro atoms. The molecule has 1 fully saturated rings. The summed E-state index contributed by atoms with van der Waals surface area (Å²) in [6.45, 7) is 2.95. The number of nitrogens with zero attached hydrogens (tertiary/aromatic N) is 3. The summed E-state index contributed by atoms with van der Waals surface area (Å²) in [6.07, 6.45) is 4.42. The van der Waals surface area contributed by atoms with Gasteiger partial charge < -0.3 is 20.6 Å². The van der Waals surface area contributed by atoms with Gasteiger partial charge in [-0.2, -0.15) is 5.26 Å². The number of aromatic nitrogens is 1. The zero-order valence-electron chi connectivity index (χ0n) is 19.0. The Morgan fingerprint density at radius 2 is 1.82 bits per heavy atom. The molecule has 7 heteroatoms. The molecular formula is C27H29N5O2. The Kier molecular flexibility index (Phi) is 7.61. The van der Waals surface area contributed by atoms with Gasteiger partial charge in [-0.05, 0) is 72.9 Å². The number of carboxylic acids is 1. The summed E-state index contributed by atoms with van der Waals surface area (Å²) in [5.41, 5.74) is 3.36. The van der Waals surface area contributed by atoms with Gasteiger partial charge in [-0.15, -0.1) is 0 Å². The summed E-state index contributed by atoms with van der Waals surface area (Å²) < 4.78 is 0. The summed E-state index contributed by atoms with van der Waals surface area (Å²) in [7, 11) is 0. The predicted molar refractivity (Wildman–Crippen MR) is 134 cm³/mol. The van der Waals surface area contributed by atoms with Crippen molar-refractivity contribution in [1.29, 1.82) is 5.26 Å². The normalized spacial score (nSPS) is 14.7. The minimum atomic E-state index is -0.908. The number of nitrogens with one attached hydrogen (secondary N) is 2. The Bertz CT molecular complexity index is 1100. The van der Waals surface area contributed by atoms with Crippen molar-refractivity contribution in [3.8, 4) is 6.07 Å². The van der Waals surface area contributed by atoms with Crippen LogP contribution in [0.1, 0.15) is 24.0 Å². The highest BCUT2D eigenvalue weighted by molar-refractivity contribution is 5.77. The zero-order chi connectivity index (χ0) is 23.8. The Morgan fingerprint density at radius 1 is 1.09 bits per heavy atom. The van der Waals surface area contributed by atoms with Gasteiger partial charge >= 0.3 is 5.97 Å². The third-order valence-corrected chi connectivity index (χ3v) is 6.25. The fourth-order valence-corrected chi connectivity index (χ4v) is 4.23. The standard InChI is InChI=1S/C27H29N5O2/c28-18-21-4-8-23(9-5-21)31-25(27(33)34)17-20-6-10-24(11-7-20)32-15-12-22(13-16-32)19-30-26-3-1-2-14-29-26/h1-11,14,22,25,31H,12-13,15-17,19H2,(H,29,30)(H,33,34). The van der Waals surface area contributed by atoms with Crippen molar-refractivity contribution in [3.05, 3.63) is 84.1 Å². The van der Waals surface area contributed by atoms with Crippen molar-refractivity contribution >= 4 is 23.2 Å². The third-order valence-electron chi connectivity index (χ3n) is 6.25. The van der Waals surface area contributed by atoms with E-state index in [2.05, 4.69) is 38.7 Å². The first-order valence-corrected chi connectivity index (χ1v) is 11.6. The van der Waals surface area contributed by atoms with Crippen LogP contribution in [0.4, 0.5) is 17.2 Å². The second kappa shape index (κ2) is 11.2. The van der Waals surface area contributed by atoms with Gasteiger partial charge in [0.15, 0.2) is 0 Å². The van der Waals surface area contributed by atoms with E-state index in [-0.39, 0.29) is 0 Å². The van der Waals surface area contributed by atoms with Crippen LogP contribution in [-0.2, 0) is 11.2 Å². The lowest BCUT2D eigenvalue weighted by Crippen LogP contribution is -2.36. The van der Waals surface area contributed by atoms with Crippen LogP contribution in [0.15, 0.2) is 72.9 Å². The van der Waals surface area contributed by atoms with Crippen LogP contribution in [0.3, 0.4) is 0 Å². The second-order valence-electron chi connectivity index (χ2n) is 8.62. The smallest absolute Gasteiger partial charge is 0.326 e. The van der Waals surface area contributed by atoms with Crippen LogP contribution in [0.25, 0.3) is 0 Å². The number of piperidine rings is 1. The number of aliphatic carboxylic acids is 1. The number of carboxylic acid groups (broad SMARTS) is 1. The molecule has 2 aromatic carbocycles. The first kappa shape index (κ1) is 23.1. The van der Waals surface area contributed by atoms with Gasteiger partial charge in [0.2, 0.25) is 0 Å². The third kappa shape index (κ3) is 6.26. The first-order chi connectivity index (χ1) is 16.6. The molecule has 1 saturated heterocycles. The lowest BCUT2D eigenvalue weighted by atomic mass is 9.96. The van der Waals surface area contributed by atoms with Gasteiger partial charge in [-0.25, -0.2) is 9.78 Å². The van der Waals surface area contributed by atoms with E-state index >= 15 is 0 Å². The van der Waals surface area contributed by atoms with Crippen molar-refractivity contribution in [1.82, 2.24) is 4.98 Å². The number of anilines is 3. The Balaban J connectivity index is 1.28. The molecule has 174 valence electrons. The number of benzene rings is 2. The number of carbonyl (C=O) groups is 1. The van der Waals surface area contributed by atoms with E-state index < -0.39 is 12.0 Å². The highest BCUT2D eigenvalue weighted by atomic mass is 16.4. The van der Waals surface area contributed by atoms with Gasteiger partial charge in [0.1, 0.15) is 11.9 Å². The van der Waals surface area contributed by atoms with Gasteiger partial charge in [0, 0.05) is 43.6 Å². The summed E-state index contributed by atoms with van der Waals surface area (Å²) >= 11 is 0. The molecule has 7 nitrogen and oxygen atoms in total. The summed E-state index contributed by atoms with van der Waals surface area (Å²) in [6, 6.07) is 22.2. The SMILES string of the molecule is N#Cc1ccc(NC(Cc2ccc(N3CCC(CNc4ccccn4)CC3)cc2)C(=O)O)cc1. The number of rotatable bonds is 9. The maximum atomic E-state index is 11.8. The summed E-state index contributed by atoms with van der Waals surface area (Å²) in [4.78, 5) is 18.5. The molecule has 0 aliphatic carbocycles. The Labute approximate surface area is 200 Å². The maximum absolute atomic E-state index is 11.8. The van der Waals surface area contributed by atoms with Crippen molar-refractivity contribution in [2.75, 3.05) is 35.2 Å². The molecule has 3 N–H and O–H groups in total. The van der Waals surface area contributed by atoms with Crippen LogP contribution in [0.2, 0.25) is 0 Å². The lowest BCUT2D eigenvalue weighted by Gasteiger charge is -2.34. The Hall–Kier alpha value is -4.05. The molecule has 1 aromatic heterocycles. The molecule has 2 heterocycles.